The smallest absolute Gasteiger partial charge is 0.219 e. The van der Waals surface area contributed by atoms with Gasteiger partial charge in [-0.05, 0) is 18.4 Å². The summed E-state index contributed by atoms with van der Waals surface area (Å²) in [4.78, 5) is 0. The molecule has 1 aromatic rings. The predicted molar refractivity (Wildman–Crippen MR) is 72.9 cm³/mol. The average Bonchev–Trinajstić information content (AvgIpc) is 2.29. The van der Waals surface area contributed by atoms with Crippen molar-refractivity contribution in [1.82, 2.24) is 0 Å². The molecule has 1 nitrogen and oxygen atoms in total. The second kappa shape index (κ2) is 4.97. The molecule has 17 heavy (non-hydrogen) atoms. The van der Waals surface area contributed by atoms with E-state index in [0.717, 1.165) is 24.8 Å². The molecule has 0 radical (unpaired) electrons. The number of halogens is 3. The first kappa shape index (κ1) is 13.5. The largest absolute Gasteiger partial charge is 0.385 e. The Bertz CT molecular complexity index is 374. The van der Waals surface area contributed by atoms with Crippen LogP contribution in [0, 0.1) is 0 Å². The number of rotatable bonds is 1. The molecule has 0 heterocycles. The summed E-state index contributed by atoms with van der Waals surface area (Å²) < 4.78 is -1.64. The van der Waals surface area contributed by atoms with Gasteiger partial charge in [0.25, 0.3) is 0 Å². The van der Waals surface area contributed by atoms with Crippen molar-refractivity contribution in [3.63, 3.8) is 0 Å². The molecule has 0 saturated heterocycles. The topological polar surface area (TPSA) is 20.2 Å². The van der Waals surface area contributed by atoms with Gasteiger partial charge in [0.15, 0.2) is 0 Å². The molecule has 1 N–H and O–H groups in total. The van der Waals surface area contributed by atoms with E-state index in [1.165, 1.54) is 0 Å². The van der Waals surface area contributed by atoms with Crippen LogP contribution in [-0.4, -0.2) is 14.5 Å². The van der Waals surface area contributed by atoms with Gasteiger partial charge >= 0.3 is 0 Å². The fourth-order valence-electron chi connectivity index (χ4n) is 2.62. The molecule has 1 aromatic carbocycles. The summed E-state index contributed by atoms with van der Waals surface area (Å²) in [5, 5.41) is 10.7. The van der Waals surface area contributed by atoms with E-state index in [4.69, 9.17) is 34.8 Å². The van der Waals surface area contributed by atoms with E-state index in [0.29, 0.717) is 6.42 Å². The van der Waals surface area contributed by atoms with Crippen LogP contribution in [0.15, 0.2) is 30.3 Å². The van der Waals surface area contributed by atoms with Crippen LogP contribution in [-0.2, 0) is 0 Å². The zero-order valence-electron chi connectivity index (χ0n) is 9.37. The van der Waals surface area contributed by atoms with E-state index < -0.39 is 9.39 Å². The maximum atomic E-state index is 10.7. The fraction of sp³-hybridized carbons (Fsp3) is 0.538. The van der Waals surface area contributed by atoms with Crippen LogP contribution >= 0.6 is 34.8 Å². The van der Waals surface area contributed by atoms with Gasteiger partial charge < -0.3 is 5.11 Å². The highest BCUT2D eigenvalue weighted by atomic mass is 35.6. The Morgan fingerprint density at radius 2 is 1.76 bits per heavy atom. The maximum absolute atomic E-state index is 10.7. The lowest BCUT2D eigenvalue weighted by atomic mass is 9.72. The molecule has 1 fully saturated rings. The van der Waals surface area contributed by atoms with E-state index in [1.807, 2.05) is 30.3 Å². The first-order valence-corrected chi connectivity index (χ1v) is 6.92. The van der Waals surface area contributed by atoms with Gasteiger partial charge in [-0.25, -0.2) is 0 Å². The highest BCUT2D eigenvalue weighted by molar-refractivity contribution is 6.68. The van der Waals surface area contributed by atoms with Crippen molar-refractivity contribution in [3.8, 4) is 0 Å². The van der Waals surface area contributed by atoms with Gasteiger partial charge in [-0.15, -0.1) is 0 Å². The number of hydrogen-bond donors (Lipinski definition) is 1. The molecule has 2 rings (SSSR count). The Balaban J connectivity index is 2.37. The van der Waals surface area contributed by atoms with Crippen molar-refractivity contribution >= 4 is 34.8 Å². The molecule has 1 aliphatic carbocycles. The highest BCUT2D eigenvalue weighted by Gasteiger charge is 2.53. The second-order valence-corrected chi connectivity index (χ2v) is 6.91. The monoisotopic (exact) mass is 292 g/mol. The maximum Gasteiger partial charge on any atom is 0.219 e. The van der Waals surface area contributed by atoms with E-state index in [2.05, 4.69) is 0 Å². The molecule has 0 amide bonds. The van der Waals surface area contributed by atoms with Gasteiger partial charge in [-0.1, -0.05) is 78.0 Å². The van der Waals surface area contributed by atoms with Crippen LogP contribution in [0.5, 0.6) is 0 Å². The van der Waals surface area contributed by atoms with Gasteiger partial charge in [0, 0.05) is 5.92 Å². The van der Waals surface area contributed by atoms with Crippen LogP contribution in [0.2, 0.25) is 0 Å². The molecule has 0 aromatic heterocycles. The fourth-order valence-corrected chi connectivity index (χ4v) is 3.30. The van der Waals surface area contributed by atoms with Gasteiger partial charge in [-0.2, -0.15) is 0 Å². The van der Waals surface area contributed by atoms with E-state index >= 15 is 0 Å². The molecule has 94 valence electrons. The summed E-state index contributed by atoms with van der Waals surface area (Å²) in [6, 6.07) is 9.81. The molecule has 0 bridgehead atoms. The van der Waals surface area contributed by atoms with Crippen molar-refractivity contribution in [2.45, 2.75) is 41.0 Å². The van der Waals surface area contributed by atoms with Crippen LogP contribution in [0.4, 0.5) is 0 Å². The Hall–Kier alpha value is 0.0500. The van der Waals surface area contributed by atoms with Crippen LogP contribution < -0.4 is 0 Å². The van der Waals surface area contributed by atoms with Gasteiger partial charge in [0.05, 0.1) is 0 Å². The van der Waals surface area contributed by atoms with Crippen molar-refractivity contribution in [3.05, 3.63) is 35.9 Å². The first-order valence-electron chi connectivity index (χ1n) is 5.79. The average molecular weight is 294 g/mol. The quantitative estimate of drug-likeness (QED) is 0.759. The van der Waals surface area contributed by atoms with E-state index in [-0.39, 0.29) is 5.92 Å². The van der Waals surface area contributed by atoms with Crippen LogP contribution in [0.25, 0.3) is 0 Å². The molecule has 0 spiro atoms. The number of benzene rings is 1. The first-order chi connectivity index (χ1) is 7.95. The van der Waals surface area contributed by atoms with E-state index in [1.54, 1.807) is 0 Å². The molecule has 1 saturated carbocycles. The highest BCUT2D eigenvalue weighted by Crippen LogP contribution is 2.53. The minimum Gasteiger partial charge on any atom is -0.385 e. The van der Waals surface area contributed by atoms with Crippen LogP contribution in [0.3, 0.4) is 0 Å². The minimum absolute atomic E-state index is 0.107. The van der Waals surface area contributed by atoms with Crippen LogP contribution in [0.1, 0.15) is 37.2 Å². The number of aliphatic hydroxyl groups is 1. The molecule has 0 aliphatic heterocycles. The normalized spacial score (nSPS) is 30.2. The summed E-state index contributed by atoms with van der Waals surface area (Å²) in [6.45, 7) is 0. The summed E-state index contributed by atoms with van der Waals surface area (Å²) >= 11 is 17.9. The lowest BCUT2D eigenvalue weighted by Gasteiger charge is -2.44. The summed E-state index contributed by atoms with van der Waals surface area (Å²) in [5.41, 5.74) is -0.224. The molecular weight excluding hydrogens is 279 g/mol. The zero-order valence-corrected chi connectivity index (χ0v) is 11.6. The zero-order chi connectivity index (χ0) is 12.5. The summed E-state index contributed by atoms with van der Waals surface area (Å²) in [7, 11) is 0. The summed E-state index contributed by atoms with van der Waals surface area (Å²) in [6.07, 6.45) is 3.34. The third-order valence-corrected chi connectivity index (χ3v) is 4.55. The number of alkyl halides is 3. The SMILES string of the molecule is O[C@]1(C(Cl)(Cl)Cl)CCCC[C@H]1c1ccccc1. The Morgan fingerprint density at radius 1 is 1.12 bits per heavy atom. The van der Waals surface area contributed by atoms with Crippen molar-refractivity contribution in [1.29, 1.82) is 0 Å². The third-order valence-electron chi connectivity index (χ3n) is 3.57. The molecule has 2 atom stereocenters. The van der Waals surface area contributed by atoms with Gasteiger partial charge in [0.2, 0.25) is 3.79 Å². The Morgan fingerprint density at radius 3 is 2.35 bits per heavy atom. The third kappa shape index (κ3) is 2.58. The Kier molecular flexibility index (Phi) is 3.94. The predicted octanol–water partition coefficient (Wildman–Crippen LogP) is 4.45. The lowest BCUT2D eigenvalue weighted by Crippen LogP contribution is -2.49. The molecule has 4 heteroatoms. The van der Waals surface area contributed by atoms with Gasteiger partial charge in [-0.3, -0.25) is 0 Å². The van der Waals surface area contributed by atoms with Crippen molar-refractivity contribution in [2.75, 3.05) is 0 Å². The lowest BCUT2D eigenvalue weighted by molar-refractivity contribution is -0.0136. The van der Waals surface area contributed by atoms with Crippen molar-refractivity contribution < 1.29 is 5.11 Å². The molecule has 0 unspecified atom stereocenters. The van der Waals surface area contributed by atoms with Gasteiger partial charge in [0.1, 0.15) is 5.60 Å². The second-order valence-electron chi connectivity index (χ2n) is 4.63. The van der Waals surface area contributed by atoms with Crippen molar-refractivity contribution in [2.24, 2.45) is 0 Å². The summed E-state index contributed by atoms with van der Waals surface area (Å²) in [5.74, 6) is -0.107. The number of hydrogen-bond acceptors (Lipinski definition) is 1. The molecular formula is C13H15Cl3O. The Labute approximate surface area is 117 Å². The standard InChI is InChI=1S/C13H15Cl3O/c14-13(15,16)12(17)9-5-4-8-11(12)10-6-2-1-3-7-10/h1-3,6-7,11,17H,4-5,8-9H2/t11-,12+/m0/s1. The molecule has 1 aliphatic rings. The van der Waals surface area contributed by atoms with E-state index in [9.17, 15) is 5.11 Å². The minimum atomic E-state index is -1.64.